The molecule has 7 heteroatoms. The van der Waals surface area contributed by atoms with Crippen LogP contribution in [0.15, 0.2) is 85.5 Å². The van der Waals surface area contributed by atoms with Crippen LogP contribution in [0.5, 0.6) is 5.75 Å². The molecule has 3 aromatic heterocycles. The number of carbonyl (C=O) groups is 1. The zero-order valence-electron chi connectivity index (χ0n) is 19.3. The Kier molecular flexibility index (Phi) is 5.59. The van der Waals surface area contributed by atoms with Crippen LogP contribution in [-0.2, 0) is 0 Å². The number of benzene rings is 2. The van der Waals surface area contributed by atoms with Gasteiger partial charge in [-0.15, -0.1) is 0 Å². The van der Waals surface area contributed by atoms with Gasteiger partial charge in [0.2, 0.25) is 0 Å². The molecule has 0 unspecified atom stereocenters. The van der Waals surface area contributed by atoms with Crippen molar-refractivity contribution in [2.75, 3.05) is 5.32 Å². The van der Waals surface area contributed by atoms with Crippen LogP contribution in [0.25, 0.3) is 22.6 Å². The fraction of sp³-hybridized carbons (Fsp3) is 0.148. The van der Waals surface area contributed by atoms with Crippen LogP contribution in [0.1, 0.15) is 29.8 Å². The number of carbonyl (C=O) groups excluding carboxylic acids is 1. The number of nitrogens with zero attached hydrogens (tertiary/aromatic N) is 4. The summed E-state index contributed by atoms with van der Waals surface area (Å²) >= 11 is 0. The van der Waals surface area contributed by atoms with Gasteiger partial charge in [0.25, 0.3) is 5.91 Å². The molecule has 5 rings (SSSR count). The molecular weight excluding hydrogens is 426 g/mol. The Balaban J connectivity index is 1.48. The average molecular weight is 452 g/mol. The van der Waals surface area contributed by atoms with E-state index in [1.807, 2.05) is 97.1 Å². The second-order valence-corrected chi connectivity index (χ2v) is 8.37. The largest absolute Gasteiger partial charge is 0.491 e. The molecule has 5 aromatic rings. The first-order chi connectivity index (χ1) is 16.5. The van der Waals surface area contributed by atoms with Gasteiger partial charge < -0.3 is 10.1 Å². The van der Waals surface area contributed by atoms with Crippen molar-refractivity contribution in [2.24, 2.45) is 0 Å². The topological polar surface area (TPSA) is 73.4 Å². The van der Waals surface area contributed by atoms with E-state index in [2.05, 4.69) is 15.3 Å². The highest BCUT2D eigenvalue weighted by Gasteiger charge is 2.14. The van der Waals surface area contributed by atoms with Gasteiger partial charge in [-0.3, -0.25) is 14.5 Å². The van der Waals surface area contributed by atoms with Crippen molar-refractivity contribution in [3.8, 4) is 22.7 Å². The lowest BCUT2D eigenvalue weighted by Crippen LogP contribution is -2.13. The highest BCUT2D eigenvalue weighted by atomic mass is 16.5. The third-order valence-corrected chi connectivity index (χ3v) is 5.48. The zero-order valence-corrected chi connectivity index (χ0v) is 19.3. The molecule has 0 atom stereocenters. The molecule has 0 saturated heterocycles. The maximum Gasteiger partial charge on any atom is 0.255 e. The number of fused-ring (bicyclic) bond motifs is 1. The Labute approximate surface area is 197 Å². The van der Waals surface area contributed by atoms with E-state index in [1.54, 1.807) is 18.3 Å². The maximum atomic E-state index is 12.9. The summed E-state index contributed by atoms with van der Waals surface area (Å²) in [6, 6.07) is 19.0. The van der Waals surface area contributed by atoms with Crippen molar-refractivity contribution >= 4 is 17.2 Å². The molecule has 0 aliphatic rings. The number of imidazole rings is 1. The molecule has 0 bridgehead atoms. The Morgan fingerprint density at radius 2 is 1.91 bits per heavy atom. The molecule has 0 saturated carbocycles. The van der Waals surface area contributed by atoms with E-state index in [0.29, 0.717) is 17.0 Å². The number of nitrogens with one attached hydrogen (secondary N) is 1. The molecule has 2 aromatic carbocycles. The summed E-state index contributed by atoms with van der Waals surface area (Å²) in [6.45, 7) is 5.96. The monoisotopic (exact) mass is 451 g/mol. The molecule has 0 fully saturated rings. The van der Waals surface area contributed by atoms with E-state index in [4.69, 9.17) is 4.74 Å². The van der Waals surface area contributed by atoms with Crippen molar-refractivity contribution in [1.29, 1.82) is 0 Å². The van der Waals surface area contributed by atoms with E-state index in [0.717, 1.165) is 28.2 Å². The van der Waals surface area contributed by atoms with Crippen LogP contribution < -0.4 is 10.1 Å². The number of amides is 1. The minimum Gasteiger partial charge on any atom is -0.491 e. The van der Waals surface area contributed by atoms with Crippen molar-refractivity contribution in [3.05, 3.63) is 96.6 Å². The normalized spacial score (nSPS) is 11.2. The van der Waals surface area contributed by atoms with Gasteiger partial charge in [-0.25, -0.2) is 9.50 Å². The molecule has 0 spiro atoms. The van der Waals surface area contributed by atoms with Gasteiger partial charge in [-0.1, -0.05) is 12.1 Å². The van der Waals surface area contributed by atoms with Gasteiger partial charge in [0.05, 0.1) is 23.7 Å². The summed E-state index contributed by atoms with van der Waals surface area (Å²) in [6.07, 6.45) is 7.43. The number of anilines is 1. The molecule has 0 aliphatic carbocycles. The van der Waals surface area contributed by atoms with E-state index in [9.17, 15) is 4.79 Å². The van der Waals surface area contributed by atoms with Crippen molar-refractivity contribution < 1.29 is 9.53 Å². The van der Waals surface area contributed by atoms with E-state index in [1.165, 1.54) is 0 Å². The van der Waals surface area contributed by atoms with Crippen LogP contribution >= 0.6 is 0 Å². The van der Waals surface area contributed by atoms with Crippen LogP contribution in [0.4, 0.5) is 5.69 Å². The highest BCUT2D eigenvalue weighted by molar-refractivity contribution is 6.04. The first-order valence-corrected chi connectivity index (χ1v) is 11.1. The maximum absolute atomic E-state index is 12.9. The number of aromatic nitrogens is 4. The predicted octanol–water partition coefficient (Wildman–Crippen LogP) is 5.53. The van der Waals surface area contributed by atoms with Gasteiger partial charge in [0.15, 0.2) is 5.65 Å². The summed E-state index contributed by atoms with van der Waals surface area (Å²) in [5, 5.41) is 3.01. The zero-order chi connectivity index (χ0) is 23.7. The number of hydrogen-bond acceptors (Lipinski definition) is 4. The summed E-state index contributed by atoms with van der Waals surface area (Å²) < 4.78 is 9.80. The van der Waals surface area contributed by atoms with Crippen LogP contribution in [0.2, 0.25) is 0 Å². The minimum atomic E-state index is -0.194. The summed E-state index contributed by atoms with van der Waals surface area (Å²) in [5.74, 6) is 0.477. The first-order valence-electron chi connectivity index (χ1n) is 11.1. The number of ether oxygens (including phenoxy) is 1. The standard InChI is InChI=1S/C27H25N5O2/c1-18(2)34-23-8-4-6-20(14-23)27(33)30-22-10-9-19(3)24(15-22)31-13-11-26-29-17-25(32(26)31)21-7-5-12-28-16-21/h4-18H,1-3H3,(H,30,33). The molecular formula is C27H25N5O2. The average Bonchev–Trinajstić information content (AvgIpc) is 3.43. The number of rotatable bonds is 6. The number of hydrogen-bond donors (Lipinski definition) is 1. The molecule has 7 nitrogen and oxygen atoms in total. The Morgan fingerprint density at radius 3 is 2.71 bits per heavy atom. The molecule has 0 radical (unpaired) electrons. The fourth-order valence-corrected chi connectivity index (χ4v) is 3.92. The number of aryl methyl sites for hydroxylation is 1. The van der Waals surface area contributed by atoms with Gasteiger partial charge in [0, 0.05) is 41.5 Å². The van der Waals surface area contributed by atoms with Crippen molar-refractivity contribution in [3.63, 3.8) is 0 Å². The summed E-state index contributed by atoms with van der Waals surface area (Å²) in [4.78, 5) is 21.7. The Hall–Kier alpha value is -4.39. The Morgan fingerprint density at radius 1 is 1.03 bits per heavy atom. The lowest BCUT2D eigenvalue weighted by Gasteiger charge is -2.14. The number of pyridine rings is 1. The molecule has 1 N–H and O–H groups in total. The summed E-state index contributed by atoms with van der Waals surface area (Å²) in [7, 11) is 0. The molecule has 1 amide bonds. The Bertz CT molecular complexity index is 1470. The highest BCUT2D eigenvalue weighted by Crippen LogP contribution is 2.26. The fourth-order valence-electron chi connectivity index (χ4n) is 3.92. The lowest BCUT2D eigenvalue weighted by atomic mass is 10.1. The SMILES string of the molecule is Cc1ccc(NC(=O)c2cccc(OC(C)C)c2)cc1-n1ccc2ncc(-c3cccnc3)n21. The summed E-state index contributed by atoms with van der Waals surface area (Å²) in [5.41, 5.74) is 5.98. The second-order valence-electron chi connectivity index (χ2n) is 8.37. The molecule has 170 valence electrons. The quantitative estimate of drug-likeness (QED) is 0.368. The van der Waals surface area contributed by atoms with Crippen molar-refractivity contribution in [1.82, 2.24) is 19.2 Å². The van der Waals surface area contributed by atoms with Crippen LogP contribution in [0, 0.1) is 6.92 Å². The predicted molar refractivity (Wildman–Crippen MR) is 133 cm³/mol. The third-order valence-electron chi connectivity index (χ3n) is 5.48. The van der Waals surface area contributed by atoms with E-state index >= 15 is 0 Å². The van der Waals surface area contributed by atoms with E-state index in [-0.39, 0.29) is 12.0 Å². The van der Waals surface area contributed by atoms with Crippen LogP contribution in [0.3, 0.4) is 0 Å². The van der Waals surface area contributed by atoms with Gasteiger partial charge in [0.1, 0.15) is 5.75 Å². The van der Waals surface area contributed by atoms with Gasteiger partial charge in [-0.2, -0.15) is 0 Å². The molecule has 0 aliphatic heterocycles. The minimum absolute atomic E-state index is 0.0381. The third kappa shape index (κ3) is 4.15. The first kappa shape index (κ1) is 21.5. The van der Waals surface area contributed by atoms with Crippen LogP contribution in [-0.4, -0.2) is 31.2 Å². The van der Waals surface area contributed by atoms with E-state index < -0.39 is 0 Å². The van der Waals surface area contributed by atoms with Gasteiger partial charge in [-0.05, 0) is 68.8 Å². The smallest absolute Gasteiger partial charge is 0.255 e. The molecule has 34 heavy (non-hydrogen) atoms. The van der Waals surface area contributed by atoms with Gasteiger partial charge >= 0.3 is 0 Å². The second kappa shape index (κ2) is 8.86. The molecule has 3 heterocycles. The van der Waals surface area contributed by atoms with Crippen molar-refractivity contribution in [2.45, 2.75) is 26.9 Å². The lowest BCUT2D eigenvalue weighted by molar-refractivity contribution is 0.102.